The van der Waals surface area contributed by atoms with E-state index < -0.39 is 11.7 Å². The minimum Gasteiger partial charge on any atom is -0.505 e. The highest BCUT2D eigenvalue weighted by molar-refractivity contribution is 5.98. The Balaban J connectivity index is 2.84. The van der Waals surface area contributed by atoms with Crippen molar-refractivity contribution < 1.29 is 19.8 Å². The third-order valence-electron chi connectivity index (χ3n) is 3.29. The van der Waals surface area contributed by atoms with Crippen molar-refractivity contribution in [2.24, 2.45) is 5.92 Å². The van der Waals surface area contributed by atoms with Crippen LogP contribution in [0.15, 0.2) is 18.2 Å². The van der Waals surface area contributed by atoms with Crippen molar-refractivity contribution in [1.29, 1.82) is 0 Å². The molecule has 0 radical (unpaired) electrons. The summed E-state index contributed by atoms with van der Waals surface area (Å²) in [7, 11) is 0. The molecule has 0 saturated heterocycles. The first-order valence-electron chi connectivity index (χ1n) is 6.87. The van der Waals surface area contributed by atoms with Gasteiger partial charge in [-0.25, -0.2) is 4.79 Å². The molecule has 0 aliphatic rings. The monoisotopic (exact) mass is 279 g/mol. The number of aromatic hydroxyl groups is 1. The molecule has 0 fully saturated rings. The third kappa shape index (κ3) is 3.98. The lowest BCUT2D eigenvalue weighted by atomic mass is 9.98. The normalized spacial score (nSPS) is 11.9. The number of amides is 1. The van der Waals surface area contributed by atoms with Gasteiger partial charge in [-0.2, -0.15) is 0 Å². The molecule has 0 saturated carbocycles. The van der Waals surface area contributed by atoms with Crippen LogP contribution in [0.5, 0.6) is 5.75 Å². The van der Waals surface area contributed by atoms with E-state index in [9.17, 15) is 14.7 Å². The van der Waals surface area contributed by atoms with Crippen LogP contribution >= 0.6 is 0 Å². The first kappa shape index (κ1) is 16.0. The van der Waals surface area contributed by atoms with E-state index in [0.29, 0.717) is 6.42 Å². The first-order chi connectivity index (χ1) is 9.51. The number of hydrogen-bond acceptors (Lipinski definition) is 3. The van der Waals surface area contributed by atoms with Gasteiger partial charge in [0.05, 0.1) is 5.69 Å². The molecular formula is C15H21NO4. The number of hydrogen-bond donors (Lipinski definition) is 3. The highest BCUT2D eigenvalue weighted by Gasteiger charge is 2.19. The van der Waals surface area contributed by atoms with E-state index in [1.54, 1.807) is 0 Å². The van der Waals surface area contributed by atoms with Crippen LogP contribution in [-0.2, 0) is 4.79 Å². The SMILES string of the molecule is CCCCC(CC)C(=O)Nc1cccc(C(=O)O)c1O. The predicted octanol–water partition coefficient (Wildman–Crippen LogP) is 3.25. The summed E-state index contributed by atoms with van der Waals surface area (Å²) in [5, 5.41) is 21.4. The zero-order valence-electron chi connectivity index (χ0n) is 11.8. The number of carbonyl (C=O) groups excluding carboxylic acids is 1. The number of rotatable bonds is 7. The molecule has 1 rings (SSSR count). The van der Waals surface area contributed by atoms with E-state index in [2.05, 4.69) is 12.2 Å². The number of phenols is 1. The Morgan fingerprint density at radius 1 is 1.30 bits per heavy atom. The molecule has 5 nitrogen and oxygen atoms in total. The molecule has 1 atom stereocenters. The number of nitrogens with one attached hydrogen (secondary N) is 1. The summed E-state index contributed by atoms with van der Waals surface area (Å²) in [4.78, 5) is 23.0. The lowest BCUT2D eigenvalue weighted by Crippen LogP contribution is -2.22. The molecule has 0 aliphatic heterocycles. The van der Waals surface area contributed by atoms with Crippen molar-refractivity contribution in [2.75, 3.05) is 5.32 Å². The molecule has 1 aromatic carbocycles. The largest absolute Gasteiger partial charge is 0.505 e. The Morgan fingerprint density at radius 3 is 2.55 bits per heavy atom. The number of carboxylic acid groups (broad SMARTS) is 1. The van der Waals surface area contributed by atoms with Crippen LogP contribution in [0.1, 0.15) is 49.9 Å². The zero-order chi connectivity index (χ0) is 15.1. The second kappa shape index (κ2) is 7.53. The maximum absolute atomic E-state index is 12.1. The van der Waals surface area contributed by atoms with Gasteiger partial charge in [-0.1, -0.05) is 32.8 Å². The fourth-order valence-corrected chi connectivity index (χ4v) is 2.02. The van der Waals surface area contributed by atoms with E-state index in [1.807, 2.05) is 6.92 Å². The Kier molecular flexibility index (Phi) is 6.03. The first-order valence-corrected chi connectivity index (χ1v) is 6.87. The van der Waals surface area contributed by atoms with Crippen LogP contribution in [0.25, 0.3) is 0 Å². The number of anilines is 1. The van der Waals surface area contributed by atoms with Crippen molar-refractivity contribution in [3.8, 4) is 5.75 Å². The van der Waals surface area contributed by atoms with Crippen molar-refractivity contribution >= 4 is 17.6 Å². The number of carboxylic acids is 1. The minimum absolute atomic E-state index is 0.122. The van der Waals surface area contributed by atoms with Crippen molar-refractivity contribution in [3.05, 3.63) is 23.8 Å². The number of para-hydroxylation sites is 1. The molecule has 110 valence electrons. The van der Waals surface area contributed by atoms with Crippen molar-refractivity contribution in [1.82, 2.24) is 0 Å². The van der Waals surface area contributed by atoms with Crippen LogP contribution in [0.3, 0.4) is 0 Å². The maximum Gasteiger partial charge on any atom is 0.339 e. The second-order valence-electron chi connectivity index (χ2n) is 4.74. The van der Waals surface area contributed by atoms with Crippen molar-refractivity contribution in [2.45, 2.75) is 39.5 Å². The van der Waals surface area contributed by atoms with Crippen LogP contribution in [0, 0.1) is 5.92 Å². The highest BCUT2D eigenvalue weighted by atomic mass is 16.4. The summed E-state index contributed by atoms with van der Waals surface area (Å²) in [5.41, 5.74) is -0.0748. The number of carbonyl (C=O) groups is 2. The minimum atomic E-state index is -1.23. The summed E-state index contributed by atoms with van der Waals surface area (Å²) in [6.45, 7) is 4.00. The van der Waals surface area contributed by atoms with E-state index in [-0.39, 0.29) is 23.1 Å². The highest BCUT2D eigenvalue weighted by Crippen LogP contribution is 2.28. The van der Waals surface area contributed by atoms with Crippen molar-refractivity contribution in [3.63, 3.8) is 0 Å². The van der Waals surface area contributed by atoms with Gasteiger partial charge in [-0.15, -0.1) is 0 Å². The van der Waals surface area contributed by atoms with E-state index in [0.717, 1.165) is 19.3 Å². The van der Waals surface area contributed by atoms with Gasteiger partial charge in [-0.05, 0) is 25.0 Å². The lowest BCUT2D eigenvalue weighted by Gasteiger charge is -2.15. The fraction of sp³-hybridized carbons (Fsp3) is 0.467. The predicted molar refractivity (Wildman–Crippen MR) is 77.0 cm³/mol. The van der Waals surface area contributed by atoms with E-state index >= 15 is 0 Å². The summed E-state index contributed by atoms with van der Waals surface area (Å²) in [6.07, 6.45) is 3.49. The topological polar surface area (TPSA) is 86.6 Å². The molecule has 0 aromatic heterocycles. The fourth-order valence-electron chi connectivity index (χ4n) is 2.02. The molecule has 1 unspecified atom stereocenters. The van der Waals surface area contributed by atoms with Gasteiger partial charge in [0, 0.05) is 5.92 Å². The van der Waals surface area contributed by atoms with Gasteiger partial charge in [0.2, 0.25) is 5.91 Å². The molecule has 5 heteroatoms. The van der Waals surface area contributed by atoms with Crippen LogP contribution in [0.2, 0.25) is 0 Å². The standard InChI is InChI=1S/C15H21NO4/c1-3-5-7-10(4-2)14(18)16-12-9-6-8-11(13(12)17)15(19)20/h6,8-10,17H,3-5,7H2,1-2H3,(H,16,18)(H,19,20). The van der Waals surface area contributed by atoms with E-state index in [1.165, 1.54) is 18.2 Å². The molecular weight excluding hydrogens is 258 g/mol. The molecule has 0 spiro atoms. The molecule has 1 aromatic rings. The van der Waals surface area contributed by atoms with Crippen LogP contribution in [0.4, 0.5) is 5.69 Å². The Hall–Kier alpha value is -2.04. The van der Waals surface area contributed by atoms with E-state index in [4.69, 9.17) is 5.11 Å². The summed E-state index contributed by atoms with van der Waals surface area (Å²) < 4.78 is 0. The van der Waals surface area contributed by atoms with Gasteiger partial charge >= 0.3 is 5.97 Å². The summed E-state index contributed by atoms with van der Waals surface area (Å²) >= 11 is 0. The molecule has 3 N–H and O–H groups in total. The Bertz CT molecular complexity index is 485. The maximum atomic E-state index is 12.1. The third-order valence-corrected chi connectivity index (χ3v) is 3.29. The number of unbranched alkanes of at least 4 members (excludes halogenated alkanes) is 1. The molecule has 0 bridgehead atoms. The summed E-state index contributed by atoms with van der Waals surface area (Å²) in [5.74, 6) is -1.93. The second-order valence-corrected chi connectivity index (χ2v) is 4.74. The summed E-state index contributed by atoms with van der Waals surface area (Å²) in [6, 6.07) is 4.28. The molecule has 0 aliphatic carbocycles. The Morgan fingerprint density at radius 2 is 2.00 bits per heavy atom. The lowest BCUT2D eigenvalue weighted by molar-refractivity contribution is -0.120. The average Bonchev–Trinajstić information content (AvgIpc) is 2.41. The van der Waals surface area contributed by atoms with Gasteiger partial charge in [-0.3, -0.25) is 4.79 Å². The van der Waals surface area contributed by atoms with Gasteiger partial charge < -0.3 is 15.5 Å². The smallest absolute Gasteiger partial charge is 0.339 e. The van der Waals surface area contributed by atoms with Gasteiger partial charge in [0.15, 0.2) is 5.75 Å². The van der Waals surface area contributed by atoms with Gasteiger partial charge in [0.1, 0.15) is 5.56 Å². The Labute approximate surface area is 118 Å². The molecule has 1 amide bonds. The zero-order valence-corrected chi connectivity index (χ0v) is 11.8. The quantitative estimate of drug-likeness (QED) is 0.669. The molecule has 0 heterocycles. The average molecular weight is 279 g/mol. The van der Waals surface area contributed by atoms with Crippen LogP contribution < -0.4 is 5.32 Å². The number of aromatic carboxylic acids is 1. The van der Waals surface area contributed by atoms with Crippen LogP contribution in [-0.4, -0.2) is 22.1 Å². The number of benzene rings is 1. The van der Waals surface area contributed by atoms with Gasteiger partial charge in [0.25, 0.3) is 0 Å². The molecule has 20 heavy (non-hydrogen) atoms.